The summed E-state index contributed by atoms with van der Waals surface area (Å²) in [7, 11) is 8.08. The van der Waals surface area contributed by atoms with Gasteiger partial charge in [0.1, 0.15) is 5.69 Å². The highest BCUT2D eigenvalue weighted by Crippen LogP contribution is 2.49. The minimum Gasteiger partial charge on any atom is -0.439 e. The molecular weight excluding hydrogens is 398 g/mol. The number of carbonyl (C=O) groups is 1. The van der Waals surface area contributed by atoms with E-state index < -0.39 is 5.60 Å². The molecule has 2 aromatic carbocycles. The first-order valence-electron chi connectivity index (χ1n) is 11.0. The van der Waals surface area contributed by atoms with E-state index in [1.807, 2.05) is 40.5 Å². The zero-order chi connectivity index (χ0) is 23.2. The lowest BCUT2D eigenvalue weighted by Crippen LogP contribution is -2.32. The fourth-order valence-corrected chi connectivity index (χ4v) is 4.53. The third-order valence-corrected chi connectivity index (χ3v) is 6.36. The highest BCUT2D eigenvalue weighted by molar-refractivity contribution is 5.96. The fourth-order valence-electron chi connectivity index (χ4n) is 4.53. The number of hydrogen-bond donors (Lipinski definition) is 0. The number of carbonyl (C=O) groups excluding carboxylic acids is 1. The van der Waals surface area contributed by atoms with Crippen molar-refractivity contribution >= 4 is 17.3 Å². The summed E-state index contributed by atoms with van der Waals surface area (Å²) in [5.74, 6) is -0.324. The molecule has 0 aliphatic carbocycles. The number of nitrogens with zero attached hydrogens (tertiary/aromatic N) is 3. The van der Waals surface area contributed by atoms with Crippen LogP contribution < -0.4 is 9.80 Å². The van der Waals surface area contributed by atoms with Gasteiger partial charge in [0.2, 0.25) is 5.60 Å². The molecule has 1 aliphatic rings. The van der Waals surface area contributed by atoms with Gasteiger partial charge in [0.25, 0.3) is 0 Å². The first kappa shape index (κ1) is 21.9. The van der Waals surface area contributed by atoms with Crippen molar-refractivity contribution in [2.75, 3.05) is 38.0 Å². The molecule has 0 fully saturated rings. The number of hydrogen-bond acceptors (Lipinski definition) is 5. The van der Waals surface area contributed by atoms with Crippen LogP contribution >= 0.6 is 0 Å². The second-order valence-corrected chi connectivity index (χ2v) is 8.95. The van der Waals surface area contributed by atoms with Crippen LogP contribution in [0.1, 0.15) is 50.8 Å². The second-order valence-electron chi connectivity index (χ2n) is 8.95. The standard InChI is InChI=1S/C27H31N3O2/c1-8-19-15-22-25(28-16-19)27(32-26(22)31,23-11-9-20(29(4)5)13-17(23)2)24-12-10-21(30(6)7)14-18(24)3/h9-16H,8H2,1-7H3. The van der Waals surface area contributed by atoms with Gasteiger partial charge < -0.3 is 14.5 Å². The summed E-state index contributed by atoms with van der Waals surface area (Å²) >= 11 is 0. The molecule has 1 aliphatic heterocycles. The van der Waals surface area contributed by atoms with Gasteiger partial charge in [-0.2, -0.15) is 0 Å². The lowest BCUT2D eigenvalue weighted by atomic mass is 9.78. The third-order valence-electron chi connectivity index (χ3n) is 6.36. The van der Waals surface area contributed by atoms with Gasteiger partial charge in [-0.1, -0.05) is 19.1 Å². The van der Waals surface area contributed by atoms with E-state index in [-0.39, 0.29) is 5.97 Å². The Morgan fingerprint density at radius 3 is 1.84 bits per heavy atom. The number of cyclic esters (lactones) is 1. The van der Waals surface area contributed by atoms with E-state index in [1.54, 1.807) is 0 Å². The number of pyridine rings is 1. The first-order valence-corrected chi connectivity index (χ1v) is 11.0. The number of aromatic nitrogens is 1. The van der Waals surface area contributed by atoms with Gasteiger partial charge >= 0.3 is 5.97 Å². The monoisotopic (exact) mass is 429 g/mol. The van der Waals surface area contributed by atoms with Crippen LogP contribution in [0.25, 0.3) is 0 Å². The van der Waals surface area contributed by atoms with E-state index >= 15 is 0 Å². The van der Waals surface area contributed by atoms with Crippen LogP contribution in [0.5, 0.6) is 0 Å². The Kier molecular flexibility index (Phi) is 5.45. The number of esters is 1. The SMILES string of the molecule is CCc1cnc2c(c1)C(=O)OC2(c1ccc(N(C)C)cc1C)c1ccc(N(C)C)cc1C. The molecule has 32 heavy (non-hydrogen) atoms. The van der Waals surface area contributed by atoms with E-state index in [4.69, 9.17) is 9.72 Å². The predicted octanol–water partition coefficient (Wildman–Crippen LogP) is 4.86. The molecule has 4 rings (SSSR count). The van der Waals surface area contributed by atoms with E-state index in [1.165, 1.54) is 0 Å². The van der Waals surface area contributed by atoms with Crippen LogP contribution in [0, 0.1) is 13.8 Å². The number of ether oxygens (including phenoxy) is 1. The largest absolute Gasteiger partial charge is 0.439 e. The van der Waals surface area contributed by atoms with E-state index in [9.17, 15) is 4.79 Å². The number of fused-ring (bicyclic) bond motifs is 1. The number of benzene rings is 2. The summed E-state index contributed by atoms with van der Waals surface area (Å²) in [5, 5.41) is 0. The maximum absolute atomic E-state index is 13.2. The molecule has 0 bridgehead atoms. The number of anilines is 2. The summed E-state index contributed by atoms with van der Waals surface area (Å²) in [5.41, 5.74) is 7.33. The molecule has 0 spiro atoms. The van der Waals surface area contributed by atoms with Crippen molar-refractivity contribution in [2.24, 2.45) is 0 Å². The average molecular weight is 430 g/mol. The molecule has 3 aromatic rings. The molecular formula is C27H31N3O2. The van der Waals surface area contributed by atoms with E-state index in [2.05, 4.69) is 67.0 Å². The molecule has 0 N–H and O–H groups in total. The van der Waals surface area contributed by atoms with Crippen molar-refractivity contribution in [3.8, 4) is 0 Å². The Morgan fingerprint density at radius 1 is 0.875 bits per heavy atom. The third kappa shape index (κ3) is 3.32. The molecule has 5 nitrogen and oxygen atoms in total. The molecule has 2 heterocycles. The lowest BCUT2D eigenvalue weighted by molar-refractivity contribution is 0.0240. The van der Waals surface area contributed by atoms with Gasteiger partial charge in [0, 0.05) is 56.9 Å². The van der Waals surface area contributed by atoms with E-state index in [0.717, 1.165) is 45.6 Å². The fraction of sp³-hybridized carbons (Fsp3) is 0.333. The van der Waals surface area contributed by atoms with Crippen LogP contribution in [0.15, 0.2) is 48.7 Å². The van der Waals surface area contributed by atoms with Crippen LogP contribution in [0.4, 0.5) is 11.4 Å². The Balaban J connectivity index is 2.04. The van der Waals surface area contributed by atoms with Gasteiger partial charge in [0.05, 0.1) is 5.56 Å². The Hall–Kier alpha value is -3.34. The Labute approximate surface area is 190 Å². The minimum absolute atomic E-state index is 0.324. The Morgan fingerprint density at radius 2 is 1.41 bits per heavy atom. The zero-order valence-corrected chi connectivity index (χ0v) is 20.0. The van der Waals surface area contributed by atoms with E-state index in [0.29, 0.717) is 11.3 Å². The Bertz CT molecular complexity index is 1140. The summed E-state index contributed by atoms with van der Waals surface area (Å²) < 4.78 is 6.32. The summed E-state index contributed by atoms with van der Waals surface area (Å²) in [4.78, 5) is 22.1. The molecule has 0 unspecified atom stereocenters. The topological polar surface area (TPSA) is 45.7 Å². The molecule has 0 radical (unpaired) electrons. The summed E-state index contributed by atoms with van der Waals surface area (Å²) in [6, 6.07) is 14.5. The molecule has 1 aromatic heterocycles. The van der Waals surface area contributed by atoms with Gasteiger partial charge in [-0.15, -0.1) is 0 Å². The van der Waals surface area contributed by atoms with Crippen molar-refractivity contribution in [1.29, 1.82) is 0 Å². The quantitative estimate of drug-likeness (QED) is 0.542. The minimum atomic E-state index is -1.08. The normalized spacial score (nSPS) is 14.2. The molecule has 5 heteroatoms. The summed E-state index contributed by atoms with van der Waals surface area (Å²) in [6.45, 7) is 6.20. The van der Waals surface area contributed by atoms with Crippen LogP contribution in [-0.4, -0.2) is 39.1 Å². The number of rotatable bonds is 5. The van der Waals surface area contributed by atoms with Gasteiger partial charge in [0.15, 0.2) is 0 Å². The molecule has 0 saturated heterocycles. The van der Waals surface area contributed by atoms with Crippen LogP contribution in [0.3, 0.4) is 0 Å². The van der Waals surface area contributed by atoms with Crippen molar-refractivity contribution in [3.63, 3.8) is 0 Å². The van der Waals surface area contributed by atoms with Crippen molar-refractivity contribution in [2.45, 2.75) is 32.8 Å². The molecule has 0 amide bonds. The molecule has 0 saturated carbocycles. The second kappa shape index (κ2) is 7.97. The highest BCUT2D eigenvalue weighted by atomic mass is 16.6. The maximum atomic E-state index is 13.2. The number of aryl methyl sites for hydroxylation is 3. The average Bonchev–Trinajstić information content (AvgIpc) is 3.05. The van der Waals surface area contributed by atoms with Gasteiger partial charge in [-0.3, -0.25) is 4.98 Å². The highest BCUT2D eigenvalue weighted by Gasteiger charge is 2.51. The molecule has 166 valence electrons. The first-order chi connectivity index (χ1) is 15.2. The van der Waals surface area contributed by atoms with Crippen LogP contribution in [-0.2, 0) is 16.8 Å². The smallest absolute Gasteiger partial charge is 0.341 e. The van der Waals surface area contributed by atoms with Crippen LogP contribution in [0.2, 0.25) is 0 Å². The molecule has 0 atom stereocenters. The van der Waals surface area contributed by atoms with Crippen molar-refractivity contribution < 1.29 is 9.53 Å². The van der Waals surface area contributed by atoms with Crippen molar-refractivity contribution in [1.82, 2.24) is 4.98 Å². The predicted molar refractivity (Wildman–Crippen MR) is 130 cm³/mol. The zero-order valence-electron chi connectivity index (χ0n) is 20.0. The van der Waals surface area contributed by atoms with Crippen molar-refractivity contribution in [3.05, 3.63) is 87.7 Å². The lowest BCUT2D eigenvalue weighted by Gasteiger charge is -2.33. The summed E-state index contributed by atoms with van der Waals surface area (Å²) in [6.07, 6.45) is 2.68. The van der Waals surface area contributed by atoms with Gasteiger partial charge in [-0.25, -0.2) is 4.79 Å². The van der Waals surface area contributed by atoms with Gasteiger partial charge in [-0.05, 0) is 67.3 Å². The maximum Gasteiger partial charge on any atom is 0.341 e.